The maximum Gasteiger partial charge on any atom is 0.0830 e. The molecular weight excluding hydrogens is 314 g/mol. The highest BCUT2D eigenvalue weighted by Crippen LogP contribution is 2.26. The molecule has 0 amide bonds. The van der Waals surface area contributed by atoms with Gasteiger partial charge in [-0.2, -0.15) is 0 Å². The topological polar surface area (TPSA) is 30.5 Å². The summed E-state index contributed by atoms with van der Waals surface area (Å²) >= 11 is 5.28. The van der Waals surface area contributed by atoms with Gasteiger partial charge in [-0.05, 0) is 54.4 Å². The molecule has 5 heteroatoms. The normalized spacial score (nSPS) is 21.3. The van der Waals surface area contributed by atoms with Crippen LogP contribution in [0.4, 0.5) is 0 Å². The first kappa shape index (κ1) is 14.5. The minimum atomic E-state index is 0.329. The molecule has 1 N–H and O–H groups in total. The fourth-order valence-corrected chi connectivity index (χ4v) is 3.40. The van der Waals surface area contributed by atoms with E-state index in [1.165, 1.54) is 8.66 Å². The molecule has 2 atom stereocenters. The van der Waals surface area contributed by atoms with E-state index >= 15 is 0 Å². The van der Waals surface area contributed by atoms with Gasteiger partial charge in [0, 0.05) is 24.1 Å². The zero-order valence-corrected chi connectivity index (χ0v) is 13.1. The lowest BCUT2D eigenvalue weighted by molar-refractivity contribution is 0.0414. The Morgan fingerprint density at radius 3 is 3.17 bits per heavy atom. The van der Waals surface area contributed by atoms with Gasteiger partial charge < -0.3 is 14.8 Å². The summed E-state index contributed by atoms with van der Waals surface area (Å²) in [6.07, 6.45) is 2.43. The molecule has 1 fully saturated rings. The zero-order valence-electron chi connectivity index (χ0n) is 10.7. The van der Waals surface area contributed by atoms with Crippen LogP contribution in [0.25, 0.3) is 0 Å². The Labute approximate surface area is 121 Å². The van der Waals surface area contributed by atoms with E-state index in [1.807, 2.05) is 0 Å². The van der Waals surface area contributed by atoms with E-state index in [9.17, 15) is 0 Å². The van der Waals surface area contributed by atoms with Gasteiger partial charge in [0.25, 0.3) is 0 Å². The van der Waals surface area contributed by atoms with E-state index in [-0.39, 0.29) is 0 Å². The minimum absolute atomic E-state index is 0.329. The summed E-state index contributed by atoms with van der Waals surface area (Å²) in [5.74, 6) is 0. The van der Waals surface area contributed by atoms with E-state index < -0.39 is 0 Å². The molecule has 0 spiro atoms. The summed E-state index contributed by atoms with van der Waals surface area (Å²) in [5.41, 5.74) is 0. The van der Waals surface area contributed by atoms with Crippen molar-refractivity contribution in [1.82, 2.24) is 5.32 Å². The van der Waals surface area contributed by atoms with Crippen LogP contribution in [-0.2, 0) is 9.47 Å². The third-order valence-corrected chi connectivity index (χ3v) is 4.84. The average molecular weight is 334 g/mol. The molecule has 0 radical (unpaired) electrons. The molecule has 1 aromatic rings. The fraction of sp³-hybridized carbons (Fsp3) is 0.692. The molecule has 2 unspecified atom stereocenters. The molecule has 102 valence electrons. The maximum absolute atomic E-state index is 5.72. The van der Waals surface area contributed by atoms with Crippen molar-refractivity contribution in [3.05, 3.63) is 20.8 Å². The third-order valence-electron chi connectivity index (χ3n) is 3.03. The molecule has 1 aromatic heterocycles. The molecule has 1 aliphatic heterocycles. The van der Waals surface area contributed by atoms with Crippen LogP contribution in [0.2, 0.25) is 0 Å². The van der Waals surface area contributed by atoms with Gasteiger partial charge in [-0.3, -0.25) is 0 Å². The van der Waals surface area contributed by atoms with Gasteiger partial charge in [-0.1, -0.05) is 0 Å². The van der Waals surface area contributed by atoms with Crippen molar-refractivity contribution >= 4 is 27.3 Å². The fourth-order valence-electron chi connectivity index (χ4n) is 1.95. The molecule has 0 saturated carbocycles. The van der Waals surface area contributed by atoms with E-state index in [0.717, 1.165) is 39.2 Å². The van der Waals surface area contributed by atoms with Gasteiger partial charge in [0.15, 0.2) is 0 Å². The van der Waals surface area contributed by atoms with Gasteiger partial charge in [-0.25, -0.2) is 0 Å². The SMILES string of the molecule is CC(NCCCOC1CCOC1)c1ccc(Br)s1. The maximum atomic E-state index is 5.72. The molecule has 1 aliphatic rings. The van der Waals surface area contributed by atoms with Crippen molar-refractivity contribution in [2.75, 3.05) is 26.4 Å². The summed E-state index contributed by atoms with van der Waals surface area (Å²) in [6.45, 7) is 5.64. The average Bonchev–Trinajstić information content (AvgIpc) is 2.99. The lowest BCUT2D eigenvalue weighted by Crippen LogP contribution is -2.21. The second-order valence-electron chi connectivity index (χ2n) is 4.53. The van der Waals surface area contributed by atoms with Crippen molar-refractivity contribution in [1.29, 1.82) is 0 Å². The first-order valence-corrected chi connectivity index (χ1v) is 8.04. The smallest absolute Gasteiger partial charge is 0.0830 e. The highest BCUT2D eigenvalue weighted by atomic mass is 79.9. The number of halogens is 1. The van der Waals surface area contributed by atoms with E-state index in [2.05, 4.69) is 40.3 Å². The van der Waals surface area contributed by atoms with E-state index in [1.54, 1.807) is 11.3 Å². The molecule has 2 rings (SSSR count). The van der Waals surface area contributed by atoms with Crippen molar-refractivity contribution in [3.63, 3.8) is 0 Å². The number of hydrogen-bond acceptors (Lipinski definition) is 4. The molecule has 18 heavy (non-hydrogen) atoms. The Kier molecular flexibility index (Phi) is 6.11. The third kappa shape index (κ3) is 4.63. The van der Waals surface area contributed by atoms with Crippen LogP contribution in [0, 0.1) is 0 Å². The number of thiophene rings is 1. The monoisotopic (exact) mass is 333 g/mol. The summed E-state index contributed by atoms with van der Waals surface area (Å²) in [7, 11) is 0. The van der Waals surface area contributed by atoms with Crippen LogP contribution in [0.5, 0.6) is 0 Å². The van der Waals surface area contributed by atoms with Crippen LogP contribution in [-0.4, -0.2) is 32.5 Å². The summed E-state index contributed by atoms with van der Waals surface area (Å²) < 4.78 is 12.2. The highest BCUT2D eigenvalue weighted by Gasteiger charge is 2.15. The van der Waals surface area contributed by atoms with Gasteiger partial charge in [0.1, 0.15) is 0 Å². The predicted octanol–water partition coefficient (Wildman–Crippen LogP) is 3.36. The lowest BCUT2D eigenvalue weighted by Gasteiger charge is -2.13. The number of hydrogen-bond donors (Lipinski definition) is 1. The van der Waals surface area contributed by atoms with Crippen LogP contribution >= 0.6 is 27.3 Å². The highest BCUT2D eigenvalue weighted by molar-refractivity contribution is 9.11. The molecule has 2 heterocycles. The van der Waals surface area contributed by atoms with Crippen molar-refractivity contribution in [2.45, 2.75) is 31.9 Å². The predicted molar refractivity (Wildman–Crippen MR) is 78.2 cm³/mol. The number of rotatable bonds is 7. The molecular formula is C13H20BrNO2S. The van der Waals surface area contributed by atoms with Crippen LogP contribution in [0.1, 0.15) is 30.7 Å². The van der Waals surface area contributed by atoms with Crippen LogP contribution in [0.15, 0.2) is 15.9 Å². The molecule has 0 bridgehead atoms. The summed E-state index contributed by atoms with van der Waals surface area (Å²) in [5, 5.41) is 3.52. The van der Waals surface area contributed by atoms with Gasteiger partial charge in [-0.15, -0.1) is 11.3 Å². The standard InChI is InChI=1S/C13H20BrNO2S/c1-10(12-3-4-13(14)18-12)15-6-2-7-17-11-5-8-16-9-11/h3-4,10-11,15H,2,5-9H2,1H3. The molecule has 0 aromatic carbocycles. The summed E-state index contributed by atoms with van der Waals surface area (Å²) in [6, 6.07) is 4.68. The second kappa shape index (κ2) is 7.60. The Balaban J connectivity index is 1.54. The number of ether oxygens (including phenoxy) is 2. The number of nitrogens with one attached hydrogen (secondary N) is 1. The Morgan fingerprint density at radius 2 is 2.50 bits per heavy atom. The Hall–Kier alpha value is 0.0600. The lowest BCUT2D eigenvalue weighted by atomic mass is 10.2. The Bertz CT molecular complexity index is 353. The second-order valence-corrected chi connectivity index (χ2v) is 7.02. The molecule has 0 aliphatic carbocycles. The van der Waals surface area contributed by atoms with Crippen molar-refractivity contribution in [3.8, 4) is 0 Å². The van der Waals surface area contributed by atoms with Gasteiger partial charge in [0.05, 0.1) is 16.5 Å². The van der Waals surface area contributed by atoms with E-state index in [0.29, 0.717) is 12.1 Å². The largest absolute Gasteiger partial charge is 0.379 e. The molecule has 1 saturated heterocycles. The first-order chi connectivity index (χ1) is 8.75. The quantitative estimate of drug-likeness (QED) is 0.776. The minimum Gasteiger partial charge on any atom is -0.379 e. The molecule has 3 nitrogen and oxygen atoms in total. The van der Waals surface area contributed by atoms with Crippen LogP contribution < -0.4 is 5.32 Å². The van der Waals surface area contributed by atoms with Crippen LogP contribution in [0.3, 0.4) is 0 Å². The van der Waals surface area contributed by atoms with Gasteiger partial charge >= 0.3 is 0 Å². The Morgan fingerprint density at radius 1 is 1.61 bits per heavy atom. The van der Waals surface area contributed by atoms with Crippen molar-refractivity contribution in [2.24, 2.45) is 0 Å². The zero-order chi connectivity index (χ0) is 12.8. The van der Waals surface area contributed by atoms with Crippen molar-refractivity contribution < 1.29 is 9.47 Å². The summed E-state index contributed by atoms with van der Waals surface area (Å²) in [4.78, 5) is 1.37. The first-order valence-electron chi connectivity index (χ1n) is 6.43. The van der Waals surface area contributed by atoms with E-state index in [4.69, 9.17) is 9.47 Å². The van der Waals surface area contributed by atoms with Gasteiger partial charge in [0.2, 0.25) is 0 Å².